The lowest BCUT2D eigenvalue weighted by atomic mass is 10.1. The minimum absolute atomic E-state index is 0.0717. The highest BCUT2D eigenvalue weighted by Crippen LogP contribution is 2.31. The van der Waals surface area contributed by atoms with E-state index in [9.17, 15) is 0 Å². The first-order valence-electron chi connectivity index (χ1n) is 5.99. The van der Waals surface area contributed by atoms with E-state index in [0.717, 1.165) is 29.8 Å². The summed E-state index contributed by atoms with van der Waals surface area (Å²) in [6.07, 6.45) is 0. The Morgan fingerprint density at radius 1 is 1.53 bits per heavy atom. The maximum Gasteiger partial charge on any atom is 0.0668 e. The molecule has 2 atom stereocenters. The zero-order valence-corrected chi connectivity index (χ0v) is 11.9. The van der Waals surface area contributed by atoms with Crippen LogP contribution in [0.5, 0.6) is 0 Å². The Labute approximate surface area is 111 Å². The molecule has 94 valence electrons. The topological polar surface area (TPSA) is 38.5 Å². The van der Waals surface area contributed by atoms with E-state index in [1.165, 1.54) is 5.69 Å². The molecule has 1 aromatic rings. The lowest BCUT2D eigenvalue weighted by Crippen LogP contribution is -2.43. The fraction of sp³-hybridized carbons (Fsp3) is 0.538. The van der Waals surface area contributed by atoms with E-state index in [1.54, 1.807) is 0 Å². The minimum atomic E-state index is 0.0717. The quantitative estimate of drug-likeness (QED) is 0.912. The van der Waals surface area contributed by atoms with Gasteiger partial charge in [0.2, 0.25) is 0 Å². The van der Waals surface area contributed by atoms with Crippen LogP contribution in [-0.4, -0.2) is 25.8 Å². The van der Waals surface area contributed by atoms with Gasteiger partial charge < -0.3 is 15.4 Å². The van der Waals surface area contributed by atoms with E-state index < -0.39 is 0 Å². The summed E-state index contributed by atoms with van der Waals surface area (Å²) in [6, 6.07) is 6.85. The van der Waals surface area contributed by atoms with Crippen LogP contribution in [0.4, 0.5) is 5.69 Å². The van der Waals surface area contributed by atoms with Gasteiger partial charge in [-0.1, -0.05) is 6.07 Å². The molecule has 1 fully saturated rings. The van der Waals surface area contributed by atoms with Gasteiger partial charge in [0.15, 0.2) is 0 Å². The van der Waals surface area contributed by atoms with Gasteiger partial charge in [-0.05, 0) is 47.5 Å². The van der Waals surface area contributed by atoms with Crippen molar-refractivity contribution in [2.75, 3.05) is 24.7 Å². The highest BCUT2D eigenvalue weighted by Gasteiger charge is 2.21. The summed E-state index contributed by atoms with van der Waals surface area (Å²) in [5.74, 6) is 0. The van der Waals surface area contributed by atoms with Crippen LogP contribution in [-0.2, 0) is 4.74 Å². The largest absolute Gasteiger partial charge is 0.377 e. The molecule has 4 heteroatoms. The normalized spacial score (nSPS) is 22.6. The third kappa shape index (κ3) is 2.81. The molecule has 2 N–H and O–H groups in total. The second-order valence-corrected chi connectivity index (χ2v) is 5.47. The van der Waals surface area contributed by atoms with Gasteiger partial charge in [-0.2, -0.15) is 0 Å². The van der Waals surface area contributed by atoms with E-state index in [2.05, 4.69) is 46.0 Å². The van der Waals surface area contributed by atoms with E-state index in [4.69, 9.17) is 10.5 Å². The van der Waals surface area contributed by atoms with Gasteiger partial charge >= 0.3 is 0 Å². The molecular weight excluding hydrogens is 280 g/mol. The minimum Gasteiger partial charge on any atom is -0.377 e. The van der Waals surface area contributed by atoms with Crippen LogP contribution in [0.25, 0.3) is 0 Å². The fourth-order valence-corrected chi connectivity index (χ4v) is 2.75. The zero-order chi connectivity index (χ0) is 12.4. The second-order valence-electron chi connectivity index (χ2n) is 4.62. The van der Waals surface area contributed by atoms with Gasteiger partial charge in [-0.3, -0.25) is 0 Å². The molecule has 0 aromatic heterocycles. The van der Waals surface area contributed by atoms with E-state index in [0.29, 0.717) is 6.04 Å². The maximum absolute atomic E-state index is 5.88. The standard InChI is InChI=1S/C13H19BrN2O/c1-9-8-17-6-5-16(9)13-4-3-11(10(2)15)7-12(13)14/h3-4,7,9-10H,5-6,8,15H2,1-2H3. The van der Waals surface area contributed by atoms with Gasteiger partial charge in [-0.15, -0.1) is 0 Å². The van der Waals surface area contributed by atoms with Crippen molar-refractivity contribution in [3.63, 3.8) is 0 Å². The predicted octanol–water partition coefficient (Wildman–Crippen LogP) is 2.69. The Hall–Kier alpha value is -0.580. The fourth-order valence-electron chi connectivity index (χ4n) is 2.12. The molecule has 2 unspecified atom stereocenters. The third-order valence-electron chi connectivity index (χ3n) is 3.17. The summed E-state index contributed by atoms with van der Waals surface area (Å²) < 4.78 is 6.57. The number of halogens is 1. The smallest absolute Gasteiger partial charge is 0.0668 e. The SMILES string of the molecule is CC(N)c1ccc(N2CCOCC2C)c(Br)c1. The number of ether oxygens (including phenoxy) is 1. The van der Waals surface area contributed by atoms with Crippen molar-refractivity contribution in [1.82, 2.24) is 0 Å². The number of rotatable bonds is 2. The van der Waals surface area contributed by atoms with Crippen LogP contribution in [0.1, 0.15) is 25.5 Å². The summed E-state index contributed by atoms with van der Waals surface area (Å²) in [5.41, 5.74) is 8.27. The number of hydrogen-bond donors (Lipinski definition) is 1. The van der Waals surface area contributed by atoms with Gasteiger partial charge in [0.25, 0.3) is 0 Å². The molecule has 1 aliphatic heterocycles. The summed E-state index contributed by atoms with van der Waals surface area (Å²) in [5, 5.41) is 0. The monoisotopic (exact) mass is 298 g/mol. The van der Waals surface area contributed by atoms with E-state index in [-0.39, 0.29) is 6.04 Å². The summed E-state index contributed by atoms with van der Waals surface area (Å²) in [7, 11) is 0. The molecule has 1 aliphatic rings. The molecule has 0 bridgehead atoms. The molecule has 17 heavy (non-hydrogen) atoms. The highest BCUT2D eigenvalue weighted by atomic mass is 79.9. The number of morpholine rings is 1. The molecule has 3 nitrogen and oxygen atoms in total. The zero-order valence-electron chi connectivity index (χ0n) is 10.3. The Balaban J connectivity index is 2.26. The Bertz CT molecular complexity index is 395. The second kappa shape index (κ2) is 5.38. The lowest BCUT2D eigenvalue weighted by Gasteiger charge is -2.36. The van der Waals surface area contributed by atoms with Crippen molar-refractivity contribution in [3.05, 3.63) is 28.2 Å². The number of hydrogen-bond acceptors (Lipinski definition) is 3. The Morgan fingerprint density at radius 3 is 2.88 bits per heavy atom. The van der Waals surface area contributed by atoms with Gasteiger partial charge in [0, 0.05) is 23.1 Å². The van der Waals surface area contributed by atoms with Crippen LogP contribution in [0.15, 0.2) is 22.7 Å². The lowest BCUT2D eigenvalue weighted by molar-refractivity contribution is 0.0989. The summed E-state index contributed by atoms with van der Waals surface area (Å²) >= 11 is 3.64. The molecule has 0 aliphatic carbocycles. The van der Waals surface area contributed by atoms with Crippen molar-refractivity contribution in [2.45, 2.75) is 25.9 Å². The Morgan fingerprint density at radius 2 is 2.29 bits per heavy atom. The maximum atomic E-state index is 5.88. The van der Waals surface area contributed by atoms with Crippen LogP contribution < -0.4 is 10.6 Å². The Kier molecular flexibility index (Phi) is 4.07. The van der Waals surface area contributed by atoms with E-state index >= 15 is 0 Å². The van der Waals surface area contributed by atoms with Crippen molar-refractivity contribution < 1.29 is 4.74 Å². The molecule has 1 saturated heterocycles. The van der Waals surface area contributed by atoms with Crippen LogP contribution >= 0.6 is 15.9 Å². The first-order valence-corrected chi connectivity index (χ1v) is 6.78. The molecule has 2 rings (SSSR count). The highest BCUT2D eigenvalue weighted by molar-refractivity contribution is 9.10. The number of nitrogens with zero attached hydrogens (tertiary/aromatic N) is 1. The van der Waals surface area contributed by atoms with Crippen molar-refractivity contribution in [1.29, 1.82) is 0 Å². The number of nitrogens with two attached hydrogens (primary N) is 1. The van der Waals surface area contributed by atoms with Crippen molar-refractivity contribution >= 4 is 21.6 Å². The predicted molar refractivity (Wildman–Crippen MR) is 74.4 cm³/mol. The van der Waals surface area contributed by atoms with Gasteiger partial charge in [0.05, 0.1) is 18.9 Å². The van der Waals surface area contributed by atoms with Gasteiger partial charge in [-0.25, -0.2) is 0 Å². The molecular formula is C13H19BrN2O. The van der Waals surface area contributed by atoms with E-state index in [1.807, 2.05) is 6.92 Å². The molecule has 0 saturated carbocycles. The van der Waals surface area contributed by atoms with Gasteiger partial charge in [0.1, 0.15) is 0 Å². The third-order valence-corrected chi connectivity index (χ3v) is 3.81. The molecule has 0 spiro atoms. The average molecular weight is 299 g/mol. The number of benzene rings is 1. The van der Waals surface area contributed by atoms with Crippen LogP contribution in [0, 0.1) is 0 Å². The molecule has 0 amide bonds. The molecule has 1 heterocycles. The van der Waals surface area contributed by atoms with Crippen molar-refractivity contribution in [3.8, 4) is 0 Å². The first-order chi connectivity index (χ1) is 8.09. The number of anilines is 1. The van der Waals surface area contributed by atoms with Crippen LogP contribution in [0.2, 0.25) is 0 Å². The average Bonchev–Trinajstić information content (AvgIpc) is 2.30. The molecule has 1 aromatic carbocycles. The molecule has 0 radical (unpaired) electrons. The summed E-state index contributed by atoms with van der Waals surface area (Å²) in [4.78, 5) is 2.37. The van der Waals surface area contributed by atoms with Crippen molar-refractivity contribution in [2.24, 2.45) is 5.73 Å². The van der Waals surface area contributed by atoms with Crippen LogP contribution in [0.3, 0.4) is 0 Å². The summed E-state index contributed by atoms with van der Waals surface area (Å²) in [6.45, 7) is 6.72. The first kappa shape index (κ1) is 12.9.